The molecule has 0 amide bonds. The lowest BCUT2D eigenvalue weighted by atomic mass is 9.90. The molecule has 2 aromatic carbocycles. The highest BCUT2D eigenvalue weighted by Gasteiger charge is 2.21. The van der Waals surface area contributed by atoms with Crippen LogP contribution >= 0.6 is 0 Å². The fourth-order valence-electron chi connectivity index (χ4n) is 2.75. The van der Waals surface area contributed by atoms with E-state index < -0.39 is 0 Å². The van der Waals surface area contributed by atoms with Crippen molar-refractivity contribution in [3.8, 4) is 11.5 Å². The van der Waals surface area contributed by atoms with Crippen molar-refractivity contribution >= 4 is 5.57 Å². The van der Waals surface area contributed by atoms with Crippen molar-refractivity contribution in [2.24, 2.45) is 0 Å². The van der Waals surface area contributed by atoms with E-state index >= 15 is 0 Å². The molecule has 0 unspecified atom stereocenters. The molecule has 3 heteroatoms. The Hall–Kier alpha value is -2.26. The minimum atomic E-state index is 0.285. The molecule has 0 spiro atoms. The van der Waals surface area contributed by atoms with Gasteiger partial charge in [0, 0.05) is 12.1 Å². The largest absolute Gasteiger partial charge is 0.508 e. The zero-order chi connectivity index (χ0) is 14.8. The summed E-state index contributed by atoms with van der Waals surface area (Å²) >= 11 is 0. The van der Waals surface area contributed by atoms with Crippen LogP contribution in [-0.4, -0.2) is 37.3 Å². The molecule has 1 heterocycles. The monoisotopic (exact) mass is 281 g/mol. The van der Waals surface area contributed by atoms with Crippen molar-refractivity contribution in [3.63, 3.8) is 0 Å². The van der Waals surface area contributed by atoms with Gasteiger partial charge >= 0.3 is 0 Å². The van der Waals surface area contributed by atoms with Gasteiger partial charge in [-0.3, -0.25) is 0 Å². The Bertz CT molecular complexity index is 689. The van der Waals surface area contributed by atoms with Crippen molar-refractivity contribution in [1.29, 1.82) is 0 Å². The standard InChI is InChI=1S/C18H19NO2/c1-19(2)11-14-12-21-17-9-4-3-8-16(17)18(14)13-6-5-7-15(20)10-13/h3-10,20H,11-12H2,1-2H3. The van der Waals surface area contributed by atoms with Gasteiger partial charge in [-0.2, -0.15) is 0 Å². The van der Waals surface area contributed by atoms with Crippen molar-refractivity contribution in [2.45, 2.75) is 0 Å². The Balaban J connectivity index is 2.18. The summed E-state index contributed by atoms with van der Waals surface area (Å²) in [7, 11) is 4.10. The van der Waals surface area contributed by atoms with Crippen LogP contribution in [0.1, 0.15) is 11.1 Å². The highest BCUT2D eigenvalue weighted by Crippen LogP contribution is 2.38. The van der Waals surface area contributed by atoms with Gasteiger partial charge in [0.15, 0.2) is 0 Å². The smallest absolute Gasteiger partial charge is 0.127 e. The summed E-state index contributed by atoms with van der Waals surface area (Å²) in [5.41, 5.74) is 4.51. The van der Waals surface area contributed by atoms with Crippen LogP contribution in [0.15, 0.2) is 54.1 Å². The average molecular weight is 281 g/mol. The van der Waals surface area contributed by atoms with Crippen LogP contribution in [0, 0.1) is 0 Å². The highest BCUT2D eigenvalue weighted by molar-refractivity contribution is 5.86. The Morgan fingerprint density at radius 2 is 1.90 bits per heavy atom. The maximum absolute atomic E-state index is 9.80. The number of benzene rings is 2. The molecule has 0 bridgehead atoms. The molecule has 1 aliphatic rings. The first kappa shape index (κ1) is 13.7. The molecule has 21 heavy (non-hydrogen) atoms. The number of aromatic hydroxyl groups is 1. The van der Waals surface area contributed by atoms with Crippen LogP contribution in [0.2, 0.25) is 0 Å². The Morgan fingerprint density at radius 1 is 1.10 bits per heavy atom. The molecule has 0 saturated heterocycles. The van der Waals surface area contributed by atoms with Crippen LogP contribution < -0.4 is 4.74 Å². The summed E-state index contributed by atoms with van der Waals surface area (Å²) < 4.78 is 5.87. The minimum Gasteiger partial charge on any atom is -0.508 e. The summed E-state index contributed by atoms with van der Waals surface area (Å²) in [6.45, 7) is 1.42. The van der Waals surface area contributed by atoms with Crippen molar-refractivity contribution in [1.82, 2.24) is 4.90 Å². The van der Waals surface area contributed by atoms with Gasteiger partial charge in [0.05, 0.1) is 0 Å². The number of hydrogen-bond acceptors (Lipinski definition) is 3. The van der Waals surface area contributed by atoms with Crippen molar-refractivity contribution in [3.05, 3.63) is 65.2 Å². The number of hydrogen-bond donors (Lipinski definition) is 1. The molecule has 0 radical (unpaired) electrons. The van der Waals surface area contributed by atoms with Crippen LogP contribution in [-0.2, 0) is 0 Å². The predicted octanol–water partition coefficient (Wildman–Crippen LogP) is 3.15. The Morgan fingerprint density at radius 3 is 2.67 bits per heavy atom. The summed E-state index contributed by atoms with van der Waals surface area (Å²) in [6.07, 6.45) is 0. The van der Waals surface area contributed by atoms with Crippen LogP contribution in [0.5, 0.6) is 11.5 Å². The first-order valence-electron chi connectivity index (χ1n) is 7.03. The zero-order valence-electron chi connectivity index (χ0n) is 12.3. The van der Waals surface area contributed by atoms with E-state index in [1.54, 1.807) is 6.07 Å². The third-order valence-corrected chi connectivity index (χ3v) is 3.55. The molecule has 1 N–H and O–H groups in total. The maximum Gasteiger partial charge on any atom is 0.127 e. The maximum atomic E-state index is 9.80. The molecule has 3 rings (SSSR count). The molecule has 0 aliphatic carbocycles. The fraction of sp³-hybridized carbons (Fsp3) is 0.222. The molecule has 0 fully saturated rings. The summed E-state index contributed by atoms with van der Waals surface area (Å²) in [6, 6.07) is 15.5. The molecular weight excluding hydrogens is 262 g/mol. The third kappa shape index (κ3) is 2.78. The van der Waals surface area contributed by atoms with Gasteiger partial charge in [-0.25, -0.2) is 0 Å². The van der Waals surface area contributed by atoms with E-state index in [1.165, 1.54) is 11.1 Å². The molecule has 0 saturated carbocycles. The number of rotatable bonds is 3. The highest BCUT2D eigenvalue weighted by atomic mass is 16.5. The lowest BCUT2D eigenvalue weighted by Gasteiger charge is -2.26. The van der Waals surface area contributed by atoms with Gasteiger partial charge < -0.3 is 14.7 Å². The summed E-state index contributed by atoms with van der Waals surface area (Å²) in [5, 5.41) is 9.80. The molecule has 3 nitrogen and oxygen atoms in total. The van der Waals surface area contributed by atoms with Crippen molar-refractivity contribution in [2.75, 3.05) is 27.2 Å². The van der Waals surface area contributed by atoms with Crippen LogP contribution in [0.25, 0.3) is 5.57 Å². The molecule has 1 aliphatic heterocycles. The second-order valence-corrected chi connectivity index (χ2v) is 5.55. The number of para-hydroxylation sites is 1. The van der Waals surface area contributed by atoms with E-state index in [1.807, 2.05) is 50.5 Å². The number of fused-ring (bicyclic) bond motifs is 1. The van der Waals surface area contributed by atoms with E-state index in [0.29, 0.717) is 6.61 Å². The molecule has 0 aromatic heterocycles. The second-order valence-electron chi connectivity index (χ2n) is 5.55. The first-order chi connectivity index (χ1) is 10.1. The summed E-state index contributed by atoms with van der Waals surface area (Å²) in [5.74, 6) is 1.19. The zero-order valence-corrected chi connectivity index (χ0v) is 12.3. The quantitative estimate of drug-likeness (QED) is 0.938. The van der Waals surface area contributed by atoms with Gasteiger partial charge in [-0.1, -0.05) is 30.3 Å². The number of likely N-dealkylation sites (N-methyl/N-ethyl adjacent to an activating group) is 1. The topological polar surface area (TPSA) is 32.7 Å². The molecule has 0 atom stereocenters. The normalized spacial score (nSPS) is 14.0. The SMILES string of the molecule is CN(C)CC1=C(c2cccc(O)c2)c2ccccc2OC1. The predicted molar refractivity (Wildman–Crippen MR) is 84.6 cm³/mol. The Kier molecular flexibility index (Phi) is 3.67. The van der Waals surface area contributed by atoms with Gasteiger partial charge in [0.2, 0.25) is 0 Å². The lowest BCUT2D eigenvalue weighted by molar-refractivity contribution is 0.325. The van der Waals surface area contributed by atoms with E-state index in [4.69, 9.17) is 4.74 Å². The van der Waals surface area contributed by atoms with Gasteiger partial charge in [0.25, 0.3) is 0 Å². The Labute approximate surface area is 125 Å². The van der Waals surface area contributed by atoms with Crippen LogP contribution in [0.4, 0.5) is 0 Å². The van der Waals surface area contributed by atoms with E-state index in [2.05, 4.69) is 11.0 Å². The number of phenols is 1. The lowest BCUT2D eigenvalue weighted by Crippen LogP contribution is -2.22. The van der Waals surface area contributed by atoms with Crippen LogP contribution in [0.3, 0.4) is 0 Å². The van der Waals surface area contributed by atoms with Gasteiger partial charge in [0.1, 0.15) is 18.1 Å². The molecule has 2 aromatic rings. The number of phenolic OH excluding ortho intramolecular Hbond substituents is 1. The minimum absolute atomic E-state index is 0.285. The van der Waals surface area contributed by atoms with Crippen molar-refractivity contribution < 1.29 is 9.84 Å². The number of ether oxygens (including phenoxy) is 1. The average Bonchev–Trinajstić information content (AvgIpc) is 2.46. The second kappa shape index (κ2) is 5.62. The number of nitrogens with zero attached hydrogens (tertiary/aromatic N) is 1. The van der Waals surface area contributed by atoms with E-state index in [9.17, 15) is 5.11 Å². The third-order valence-electron chi connectivity index (χ3n) is 3.55. The first-order valence-corrected chi connectivity index (χ1v) is 7.03. The van der Waals surface area contributed by atoms with Gasteiger partial charge in [-0.05, 0) is 49.0 Å². The van der Waals surface area contributed by atoms with E-state index in [0.717, 1.165) is 23.4 Å². The summed E-state index contributed by atoms with van der Waals surface area (Å²) in [4.78, 5) is 2.13. The molecular formula is C18H19NO2. The van der Waals surface area contributed by atoms with Gasteiger partial charge in [-0.15, -0.1) is 0 Å². The van der Waals surface area contributed by atoms with E-state index in [-0.39, 0.29) is 5.75 Å². The molecule has 108 valence electrons. The fourth-order valence-corrected chi connectivity index (χ4v) is 2.75.